The van der Waals surface area contributed by atoms with Gasteiger partial charge in [-0.15, -0.1) is 11.6 Å². The first-order valence-electron chi connectivity index (χ1n) is 5.45. The molecule has 0 saturated carbocycles. The average Bonchev–Trinajstić information content (AvgIpc) is 2.79. The number of nitrogens with zero attached hydrogens (tertiary/aromatic N) is 1. The van der Waals surface area contributed by atoms with Crippen LogP contribution in [0.15, 0.2) is 18.2 Å². The smallest absolute Gasteiger partial charge is 0.257 e. The molecule has 1 aliphatic heterocycles. The summed E-state index contributed by atoms with van der Waals surface area (Å²) in [6, 6.07) is 2.82. The summed E-state index contributed by atoms with van der Waals surface area (Å²) < 4.78 is 26.5. The van der Waals surface area contributed by atoms with E-state index in [1.54, 1.807) is 0 Å². The van der Waals surface area contributed by atoms with Gasteiger partial charge in [0.05, 0.1) is 5.56 Å². The predicted molar refractivity (Wildman–Crippen MR) is 61.1 cm³/mol. The molecule has 1 aromatic carbocycles. The van der Waals surface area contributed by atoms with Crippen molar-refractivity contribution in [2.45, 2.75) is 18.9 Å². The van der Waals surface area contributed by atoms with Crippen molar-refractivity contribution in [3.63, 3.8) is 0 Å². The van der Waals surface area contributed by atoms with E-state index in [4.69, 9.17) is 11.6 Å². The summed E-state index contributed by atoms with van der Waals surface area (Å²) in [7, 11) is 0. The van der Waals surface area contributed by atoms with Crippen molar-refractivity contribution < 1.29 is 13.6 Å². The second-order valence-corrected chi connectivity index (χ2v) is 4.38. The molecule has 1 amide bonds. The van der Waals surface area contributed by atoms with Crippen molar-refractivity contribution >= 4 is 17.5 Å². The third-order valence-electron chi connectivity index (χ3n) is 2.97. The maximum absolute atomic E-state index is 13.5. The zero-order valence-corrected chi connectivity index (χ0v) is 9.88. The Hall–Kier alpha value is -1.16. The Kier molecular flexibility index (Phi) is 3.62. The Labute approximate surface area is 103 Å². The molecule has 2 nitrogen and oxygen atoms in total. The fourth-order valence-corrected chi connectivity index (χ4v) is 2.40. The number of rotatable bonds is 2. The number of amides is 1. The normalized spacial score (nSPS) is 19.7. The molecule has 17 heavy (non-hydrogen) atoms. The van der Waals surface area contributed by atoms with E-state index < -0.39 is 17.5 Å². The van der Waals surface area contributed by atoms with E-state index in [-0.39, 0.29) is 11.6 Å². The molecule has 0 aliphatic carbocycles. The summed E-state index contributed by atoms with van der Waals surface area (Å²) in [4.78, 5) is 13.6. The highest BCUT2D eigenvalue weighted by molar-refractivity contribution is 6.18. The highest BCUT2D eigenvalue weighted by Crippen LogP contribution is 2.22. The van der Waals surface area contributed by atoms with Crippen LogP contribution >= 0.6 is 11.6 Å². The standard InChI is InChI=1S/C12H12ClF2NO/c13-7-9-2-1-5-16(9)12(17)10-6-8(14)3-4-11(10)15/h3-4,6,9H,1-2,5,7H2. The minimum Gasteiger partial charge on any atom is -0.334 e. The topological polar surface area (TPSA) is 20.3 Å². The second kappa shape index (κ2) is 5.00. The lowest BCUT2D eigenvalue weighted by atomic mass is 10.1. The summed E-state index contributed by atoms with van der Waals surface area (Å²) >= 11 is 5.74. The molecule has 1 aromatic rings. The van der Waals surface area contributed by atoms with Gasteiger partial charge in [-0.05, 0) is 31.0 Å². The van der Waals surface area contributed by atoms with Gasteiger partial charge in [0.15, 0.2) is 0 Å². The SMILES string of the molecule is O=C(c1cc(F)ccc1F)N1CCCC1CCl. The van der Waals surface area contributed by atoms with E-state index in [0.717, 1.165) is 31.0 Å². The van der Waals surface area contributed by atoms with E-state index in [1.807, 2.05) is 0 Å². The van der Waals surface area contributed by atoms with Gasteiger partial charge in [0, 0.05) is 18.5 Å². The molecule has 1 atom stereocenters. The van der Waals surface area contributed by atoms with Gasteiger partial charge < -0.3 is 4.90 Å². The third kappa shape index (κ3) is 2.41. The number of likely N-dealkylation sites (tertiary alicyclic amines) is 1. The molecule has 1 saturated heterocycles. The minimum absolute atomic E-state index is 0.0770. The fraction of sp³-hybridized carbons (Fsp3) is 0.417. The predicted octanol–water partition coefficient (Wildman–Crippen LogP) is 2.81. The highest BCUT2D eigenvalue weighted by Gasteiger charge is 2.30. The van der Waals surface area contributed by atoms with Crippen LogP contribution in [0.1, 0.15) is 23.2 Å². The first-order valence-corrected chi connectivity index (χ1v) is 5.99. The Morgan fingerprint density at radius 1 is 1.47 bits per heavy atom. The Bertz CT molecular complexity index is 439. The van der Waals surface area contributed by atoms with Crippen LogP contribution in [-0.2, 0) is 0 Å². The van der Waals surface area contributed by atoms with Crippen molar-refractivity contribution in [3.05, 3.63) is 35.4 Å². The van der Waals surface area contributed by atoms with E-state index >= 15 is 0 Å². The molecule has 0 spiro atoms. The number of halogens is 3. The zero-order valence-electron chi connectivity index (χ0n) is 9.13. The summed E-state index contributed by atoms with van der Waals surface area (Å²) in [5.74, 6) is -1.47. The van der Waals surface area contributed by atoms with Crippen LogP contribution in [0.5, 0.6) is 0 Å². The molecule has 0 aromatic heterocycles. The second-order valence-electron chi connectivity index (χ2n) is 4.07. The molecule has 5 heteroatoms. The zero-order chi connectivity index (χ0) is 12.4. The van der Waals surface area contributed by atoms with E-state index in [2.05, 4.69) is 0 Å². The Morgan fingerprint density at radius 2 is 2.24 bits per heavy atom. The summed E-state index contributed by atoms with van der Waals surface area (Å²) in [6.45, 7) is 0.548. The number of carbonyl (C=O) groups excluding carboxylic acids is 1. The molecular formula is C12H12ClF2NO. The van der Waals surface area contributed by atoms with Crippen molar-refractivity contribution in [2.75, 3.05) is 12.4 Å². The van der Waals surface area contributed by atoms with E-state index in [9.17, 15) is 13.6 Å². The fourth-order valence-electron chi connectivity index (χ4n) is 2.08. The molecule has 1 fully saturated rings. The molecule has 2 rings (SSSR count). The molecule has 92 valence electrons. The van der Waals surface area contributed by atoms with Gasteiger partial charge >= 0.3 is 0 Å². The van der Waals surface area contributed by atoms with Crippen LogP contribution in [0.4, 0.5) is 8.78 Å². The van der Waals surface area contributed by atoms with Gasteiger partial charge in [0.1, 0.15) is 11.6 Å². The Morgan fingerprint density at radius 3 is 2.94 bits per heavy atom. The monoisotopic (exact) mass is 259 g/mol. The van der Waals surface area contributed by atoms with Gasteiger partial charge in [-0.25, -0.2) is 8.78 Å². The molecular weight excluding hydrogens is 248 g/mol. The first kappa shape index (κ1) is 12.3. The van der Waals surface area contributed by atoms with E-state index in [0.29, 0.717) is 12.4 Å². The summed E-state index contributed by atoms with van der Waals surface area (Å²) in [5.41, 5.74) is -0.220. The quantitative estimate of drug-likeness (QED) is 0.748. The highest BCUT2D eigenvalue weighted by atomic mass is 35.5. The van der Waals surface area contributed by atoms with Crippen molar-refractivity contribution in [3.8, 4) is 0 Å². The Balaban J connectivity index is 2.27. The molecule has 1 unspecified atom stereocenters. The molecule has 0 radical (unpaired) electrons. The largest absolute Gasteiger partial charge is 0.334 e. The van der Waals surface area contributed by atoms with Gasteiger partial charge in [0.25, 0.3) is 5.91 Å². The summed E-state index contributed by atoms with van der Waals surface area (Å²) in [6.07, 6.45) is 1.66. The van der Waals surface area contributed by atoms with Crippen LogP contribution in [0.3, 0.4) is 0 Å². The number of hydrogen-bond donors (Lipinski definition) is 0. The average molecular weight is 260 g/mol. The number of benzene rings is 1. The number of hydrogen-bond acceptors (Lipinski definition) is 1. The maximum atomic E-state index is 13.5. The minimum atomic E-state index is -0.698. The van der Waals surface area contributed by atoms with Gasteiger partial charge in [0.2, 0.25) is 0 Å². The number of alkyl halides is 1. The molecule has 1 heterocycles. The van der Waals surface area contributed by atoms with Gasteiger partial charge in [-0.3, -0.25) is 4.79 Å². The van der Waals surface area contributed by atoms with Crippen molar-refractivity contribution in [2.24, 2.45) is 0 Å². The lowest BCUT2D eigenvalue weighted by Crippen LogP contribution is -2.37. The van der Waals surface area contributed by atoms with Crippen LogP contribution in [0.2, 0.25) is 0 Å². The van der Waals surface area contributed by atoms with Crippen LogP contribution in [-0.4, -0.2) is 29.3 Å². The first-order chi connectivity index (χ1) is 8.13. The van der Waals surface area contributed by atoms with Gasteiger partial charge in [-0.2, -0.15) is 0 Å². The lowest BCUT2D eigenvalue weighted by Gasteiger charge is -2.23. The number of carbonyl (C=O) groups is 1. The van der Waals surface area contributed by atoms with Crippen LogP contribution in [0.25, 0.3) is 0 Å². The molecule has 0 bridgehead atoms. The van der Waals surface area contributed by atoms with Gasteiger partial charge in [-0.1, -0.05) is 0 Å². The van der Waals surface area contributed by atoms with Crippen LogP contribution < -0.4 is 0 Å². The molecule has 0 N–H and O–H groups in total. The third-order valence-corrected chi connectivity index (χ3v) is 3.33. The van der Waals surface area contributed by atoms with E-state index in [1.165, 1.54) is 4.90 Å². The maximum Gasteiger partial charge on any atom is 0.257 e. The molecule has 1 aliphatic rings. The summed E-state index contributed by atoms with van der Waals surface area (Å²) in [5, 5.41) is 0. The van der Waals surface area contributed by atoms with Crippen LogP contribution in [0, 0.1) is 11.6 Å². The van der Waals surface area contributed by atoms with Crippen molar-refractivity contribution in [1.82, 2.24) is 4.90 Å². The lowest BCUT2D eigenvalue weighted by molar-refractivity contribution is 0.0744. The van der Waals surface area contributed by atoms with Crippen molar-refractivity contribution in [1.29, 1.82) is 0 Å².